The number of rotatable bonds is 8. The lowest BCUT2D eigenvalue weighted by Gasteiger charge is -2.18. The minimum Gasteiger partial charge on any atom is -0.353 e. The van der Waals surface area contributed by atoms with Crippen molar-refractivity contribution in [3.8, 4) is 0 Å². The van der Waals surface area contributed by atoms with Crippen molar-refractivity contribution in [1.82, 2.24) is 10.6 Å². The molecule has 0 aromatic heterocycles. The molecule has 1 aromatic rings. The number of carbonyl (C=O) groups is 2. The molecular formula is C14H20ClN3O2S. The van der Waals surface area contributed by atoms with E-state index in [-0.39, 0.29) is 11.8 Å². The number of hydrogen-bond donors (Lipinski definition) is 3. The Morgan fingerprint density at radius 1 is 1.38 bits per heavy atom. The van der Waals surface area contributed by atoms with Gasteiger partial charge in [0.1, 0.15) is 6.04 Å². The van der Waals surface area contributed by atoms with E-state index < -0.39 is 6.04 Å². The van der Waals surface area contributed by atoms with E-state index in [1.165, 1.54) is 0 Å². The Labute approximate surface area is 134 Å². The SMILES string of the molecule is CSCCC(NC(=O)c1ccccc1Cl)C(=O)NCCN. The van der Waals surface area contributed by atoms with Gasteiger partial charge in [0.05, 0.1) is 10.6 Å². The molecule has 4 N–H and O–H groups in total. The summed E-state index contributed by atoms with van der Waals surface area (Å²) in [6, 6.07) is 6.15. The molecule has 21 heavy (non-hydrogen) atoms. The van der Waals surface area contributed by atoms with Gasteiger partial charge in [-0.05, 0) is 30.6 Å². The molecule has 2 amide bonds. The number of halogens is 1. The topological polar surface area (TPSA) is 84.2 Å². The van der Waals surface area contributed by atoms with E-state index in [9.17, 15) is 9.59 Å². The van der Waals surface area contributed by atoms with Gasteiger partial charge in [-0.15, -0.1) is 0 Å². The zero-order valence-corrected chi connectivity index (χ0v) is 13.5. The van der Waals surface area contributed by atoms with Crippen LogP contribution in [0.2, 0.25) is 5.02 Å². The molecule has 0 fully saturated rings. The second-order valence-corrected chi connectivity index (χ2v) is 5.76. The highest BCUT2D eigenvalue weighted by atomic mass is 35.5. The van der Waals surface area contributed by atoms with Crippen LogP contribution in [-0.2, 0) is 4.79 Å². The average molecular weight is 330 g/mol. The molecule has 0 spiro atoms. The van der Waals surface area contributed by atoms with E-state index in [2.05, 4.69) is 10.6 Å². The first-order valence-corrected chi connectivity index (χ1v) is 8.39. The maximum Gasteiger partial charge on any atom is 0.253 e. The third kappa shape index (κ3) is 5.95. The van der Waals surface area contributed by atoms with Gasteiger partial charge in [0, 0.05) is 13.1 Å². The van der Waals surface area contributed by atoms with Crippen molar-refractivity contribution in [3.05, 3.63) is 34.9 Å². The van der Waals surface area contributed by atoms with Gasteiger partial charge in [0.15, 0.2) is 0 Å². The van der Waals surface area contributed by atoms with Crippen molar-refractivity contribution < 1.29 is 9.59 Å². The van der Waals surface area contributed by atoms with Crippen LogP contribution < -0.4 is 16.4 Å². The number of nitrogens with one attached hydrogen (secondary N) is 2. The Morgan fingerprint density at radius 3 is 2.71 bits per heavy atom. The standard InChI is InChI=1S/C14H20ClN3O2S/c1-21-9-6-12(14(20)17-8-7-16)18-13(19)10-4-2-3-5-11(10)15/h2-5,12H,6-9,16H2,1H3,(H,17,20)(H,18,19). The molecule has 0 radical (unpaired) electrons. The van der Waals surface area contributed by atoms with Gasteiger partial charge in [0.2, 0.25) is 5.91 Å². The summed E-state index contributed by atoms with van der Waals surface area (Å²) in [6.45, 7) is 0.746. The third-order valence-corrected chi connectivity index (χ3v) is 3.77. The molecular weight excluding hydrogens is 310 g/mol. The fourth-order valence-electron chi connectivity index (χ4n) is 1.70. The van der Waals surface area contributed by atoms with Crippen LogP contribution in [0.3, 0.4) is 0 Å². The van der Waals surface area contributed by atoms with Crippen LogP contribution in [0.1, 0.15) is 16.8 Å². The van der Waals surface area contributed by atoms with Gasteiger partial charge >= 0.3 is 0 Å². The van der Waals surface area contributed by atoms with Gasteiger partial charge in [-0.2, -0.15) is 11.8 Å². The molecule has 0 aliphatic carbocycles. The highest BCUT2D eigenvalue weighted by Gasteiger charge is 2.21. The van der Waals surface area contributed by atoms with E-state index in [1.54, 1.807) is 36.0 Å². The number of nitrogens with two attached hydrogens (primary N) is 1. The van der Waals surface area contributed by atoms with E-state index in [4.69, 9.17) is 17.3 Å². The summed E-state index contributed by atoms with van der Waals surface area (Å²) < 4.78 is 0. The van der Waals surface area contributed by atoms with E-state index in [0.29, 0.717) is 30.1 Å². The number of hydrogen-bond acceptors (Lipinski definition) is 4. The number of amides is 2. The normalized spacial score (nSPS) is 11.8. The number of thioether (sulfide) groups is 1. The zero-order valence-electron chi connectivity index (χ0n) is 11.9. The van der Waals surface area contributed by atoms with Crippen LogP contribution in [0, 0.1) is 0 Å². The molecule has 7 heteroatoms. The van der Waals surface area contributed by atoms with Crippen LogP contribution in [-0.4, -0.2) is 43.0 Å². The van der Waals surface area contributed by atoms with Gasteiger partial charge in [-0.25, -0.2) is 0 Å². The van der Waals surface area contributed by atoms with Crippen molar-refractivity contribution in [2.24, 2.45) is 5.73 Å². The molecule has 0 aliphatic rings. The Hall–Kier alpha value is -1.24. The van der Waals surface area contributed by atoms with Crippen molar-refractivity contribution >= 4 is 35.2 Å². The molecule has 116 valence electrons. The van der Waals surface area contributed by atoms with E-state index in [0.717, 1.165) is 5.75 Å². The van der Waals surface area contributed by atoms with E-state index >= 15 is 0 Å². The first-order chi connectivity index (χ1) is 10.1. The Bertz CT molecular complexity index is 485. The molecule has 1 rings (SSSR count). The first-order valence-electron chi connectivity index (χ1n) is 6.62. The third-order valence-electron chi connectivity index (χ3n) is 2.79. The Kier molecular flexibility index (Phi) is 8.19. The second-order valence-electron chi connectivity index (χ2n) is 4.37. The summed E-state index contributed by atoms with van der Waals surface area (Å²) in [7, 11) is 0. The molecule has 1 unspecified atom stereocenters. The van der Waals surface area contributed by atoms with Crippen molar-refractivity contribution in [2.75, 3.05) is 25.1 Å². The highest BCUT2D eigenvalue weighted by Crippen LogP contribution is 2.15. The molecule has 5 nitrogen and oxygen atoms in total. The monoisotopic (exact) mass is 329 g/mol. The predicted octanol–water partition coefficient (Wildman–Crippen LogP) is 1.27. The van der Waals surface area contributed by atoms with Crippen LogP contribution >= 0.6 is 23.4 Å². The lowest BCUT2D eigenvalue weighted by molar-refractivity contribution is -0.122. The van der Waals surface area contributed by atoms with Crippen LogP contribution in [0.25, 0.3) is 0 Å². The number of carbonyl (C=O) groups excluding carboxylic acids is 2. The van der Waals surface area contributed by atoms with Crippen molar-refractivity contribution in [1.29, 1.82) is 0 Å². The Balaban J connectivity index is 2.73. The van der Waals surface area contributed by atoms with Crippen molar-refractivity contribution in [2.45, 2.75) is 12.5 Å². The predicted molar refractivity (Wildman–Crippen MR) is 87.8 cm³/mol. The van der Waals surface area contributed by atoms with Gasteiger partial charge < -0.3 is 16.4 Å². The molecule has 0 heterocycles. The summed E-state index contributed by atoms with van der Waals surface area (Å²) in [5.41, 5.74) is 5.73. The maximum atomic E-state index is 12.2. The lowest BCUT2D eigenvalue weighted by atomic mass is 10.1. The summed E-state index contributed by atoms with van der Waals surface area (Å²) in [4.78, 5) is 24.2. The summed E-state index contributed by atoms with van der Waals surface area (Å²) in [6.07, 6.45) is 2.50. The highest BCUT2D eigenvalue weighted by molar-refractivity contribution is 7.98. The molecule has 0 saturated carbocycles. The van der Waals surface area contributed by atoms with Gasteiger partial charge in [-0.1, -0.05) is 23.7 Å². The quantitative estimate of drug-likeness (QED) is 0.670. The molecule has 0 bridgehead atoms. The van der Waals surface area contributed by atoms with Crippen molar-refractivity contribution in [3.63, 3.8) is 0 Å². The zero-order chi connectivity index (χ0) is 15.7. The Morgan fingerprint density at radius 2 is 2.10 bits per heavy atom. The first kappa shape index (κ1) is 17.8. The second kappa shape index (κ2) is 9.65. The minimum atomic E-state index is -0.590. The molecule has 1 aromatic carbocycles. The number of benzene rings is 1. The van der Waals surface area contributed by atoms with Gasteiger partial charge in [0.25, 0.3) is 5.91 Å². The summed E-state index contributed by atoms with van der Waals surface area (Å²) in [5, 5.41) is 5.78. The molecule has 0 aliphatic heterocycles. The smallest absolute Gasteiger partial charge is 0.253 e. The fraction of sp³-hybridized carbons (Fsp3) is 0.429. The van der Waals surface area contributed by atoms with Crippen LogP contribution in [0.15, 0.2) is 24.3 Å². The molecule has 1 atom stereocenters. The minimum absolute atomic E-state index is 0.227. The summed E-state index contributed by atoms with van der Waals surface area (Å²) >= 11 is 7.60. The van der Waals surface area contributed by atoms with E-state index in [1.807, 2.05) is 6.26 Å². The molecule has 0 saturated heterocycles. The van der Waals surface area contributed by atoms with Crippen LogP contribution in [0.4, 0.5) is 0 Å². The maximum absolute atomic E-state index is 12.2. The largest absolute Gasteiger partial charge is 0.353 e. The van der Waals surface area contributed by atoms with Crippen LogP contribution in [0.5, 0.6) is 0 Å². The fourth-order valence-corrected chi connectivity index (χ4v) is 2.40. The summed E-state index contributed by atoms with van der Waals surface area (Å²) in [5.74, 6) is 0.188. The lowest BCUT2D eigenvalue weighted by Crippen LogP contribution is -2.48. The van der Waals surface area contributed by atoms with Gasteiger partial charge in [-0.3, -0.25) is 9.59 Å². The average Bonchev–Trinajstić information content (AvgIpc) is 2.49.